The van der Waals surface area contributed by atoms with E-state index in [1.807, 2.05) is 6.07 Å². The molecule has 1 fully saturated rings. The second-order valence-electron chi connectivity index (χ2n) is 6.85. The van der Waals surface area contributed by atoms with E-state index in [2.05, 4.69) is 20.6 Å². The maximum absolute atomic E-state index is 13.9. The van der Waals surface area contributed by atoms with Gasteiger partial charge in [-0.3, -0.25) is 4.99 Å². The van der Waals surface area contributed by atoms with Gasteiger partial charge in [0, 0.05) is 29.7 Å². The van der Waals surface area contributed by atoms with Crippen molar-refractivity contribution >= 4 is 40.8 Å². The SMILES string of the molecule is NC=C(C=NC1CCNCC1)c1cnc2c(c1)O[C@@H](c1c(Cl)ccc(F)c1Cl)N2. The monoisotopic (exact) mass is 435 g/mol. The quantitative estimate of drug-likeness (QED) is 0.495. The van der Waals surface area contributed by atoms with Gasteiger partial charge in [-0.15, -0.1) is 0 Å². The van der Waals surface area contributed by atoms with Crippen LogP contribution in [0.25, 0.3) is 5.57 Å². The van der Waals surface area contributed by atoms with Crippen LogP contribution in [0, 0.1) is 5.82 Å². The molecule has 1 saturated heterocycles. The molecule has 4 N–H and O–H groups in total. The zero-order valence-corrected chi connectivity index (χ0v) is 17.0. The first-order valence-electron chi connectivity index (χ1n) is 9.29. The van der Waals surface area contributed by atoms with Gasteiger partial charge in [-0.05, 0) is 44.1 Å². The number of nitrogens with zero attached hydrogens (tertiary/aromatic N) is 2. The first kappa shape index (κ1) is 19.9. The van der Waals surface area contributed by atoms with Gasteiger partial charge in [-0.1, -0.05) is 23.2 Å². The predicted molar refractivity (Wildman–Crippen MR) is 114 cm³/mol. The van der Waals surface area contributed by atoms with Gasteiger partial charge in [-0.25, -0.2) is 9.37 Å². The molecule has 0 unspecified atom stereocenters. The fourth-order valence-corrected chi connectivity index (χ4v) is 3.92. The standard InChI is InChI=1S/C20H20Cl2FN5O/c21-14-1-2-15(23)18(22)17(14)20-28-19-16(29-20)7-11(9-27-19)12(8-24)10-26-13-3-5-25-6-4-13/h1-2,7-10,13,20,25H,3-6,24H2,(H,27,28)/t20-/m0/s1. The summed E-state index contributed by atoms with van der Waals surface area (Å²) in [5.74, 6) is 0.448. The zero-order chi connectivity index (χ0) is 20.4. The van der Waals surface area contributed by atoms with Gasteiger partial charge in [0.05, 0.1) is 21.7 Å². The number of fused-ring (bicyclic) bond motifs is 1. The lowest BCUT2D eigenvalue weighted by Gasteiger charge is -2.18. The van der Waals surface area contributed by atoms with Gasteiger partial charge in [0.25, 0.3) is 0 Å². The van der Waals surface area contributed by atoms with Crippen molar-refractivity contribution in [3.63, 3.8) is 0 Å². The number of benzene rings is 1. The number of ether oxygens (including phenoxy) is 1. The molecule has 1 aromatic heterocycles. The van der Waals surface area contributed by atoms with Crippen molar-refractivity contribution in [2.45, 2.75) is 25.1 Å². The Bertz CT molecular complexity index is 976. The molecule has 2 aliphatic rings. The molecule has 152 valence electrons. The number of piperidine rings is 1. The van der Waals surface area contributed by atoms with E-state index in [9.17, 15) is 4.39 Å². The minimum Gasteiger partial charge on any atom is -0.462 e. The fraction of sp³-hybridized carbons (Fsp3) is 0.300. The summed E-state index contributed by atoms with van der Waals surface area (Å²) in [4.78, 5) is 9.04. The summed E-state index contributed by atoms with van der Waals surface area (Å²) in [6, 6.07) is 4.75. The topological polar surface area (TPSA) is 84.6 Å². The normalized spacial score (nSPS) is 19.8. The van der Waals surface area contributed by atoms with E-state index in [1.54, 1.807) is 12.4 Å². The van der Waals surface area contributed by atoms with Crippen LogP contribution >= 0.6 is 23.2 Å². The van der Waals surface area contributed by atoms with E-state index in [0.29, 0.717) is 22.2 Å². The number of hydrogen-bond acceptors (Lipinski definition) is 6. The minimum atomic E-state index is -0.739. The van der Waals surface area contributed by atoms with Gasteiger partial charge in [0.1, 0.15) is 5.82 Å². The first-order chi connectivity index (χ1) is 14.1. The summed E-state index contributed by atoms with van der Waals surface area (Å²) in [6.07, 6.45) is 6.21. The maximum Gasteiger partial charge on any atom is 0.200 e. The summed E-state index contributed by atoms with van der Waals surface area (Å²) in [7, 11) is 0. The van der Waals surface area contributed by atoms with Crippen molar-refractivity contribution in [2.24, 2.45) is 10.7 Å². The summed E-state index contributed by atoms with van der Waals surface area (Å²) < 4.78 is 19.8. The van der Waals surface area contributed by atoms with Crippen molar-refractivity contribution < 1.29 is 9.13 Å². The Labute approximate surface area is 178 Å². The smallest absolute Gasteiger partial charge is 0.200 e. The van der Waals surface area contributed by atoms with Crippen LogP contribution in [-0.4, -0.2) is 30.3 Å². The van der Waals surface area contributed by atoms with Crippen LogP contribution in [0.1, 0.15) is 30.2 Å². The Hall–Kier alpha value is -2.35. The number of aromatic nitrogens is 1. The van der Waals surface area contributed by atoms with Crippen LogP contribution in [0.15, 0.2) is 35.6 Å². The highest BCUT2D eigenvalue weighted by molar-refractivity contribution is 6.36. The van der Waals surface area contributed by atoms with Gasteiger partial charge < -0.3 is 21.1 Å². The van der Waals surface area contributed by atoms with Crippen molar-refractivity contribution in [1.82, 2.24) is 10.3 Å². The van der Waals surface area contributed by atoms with Crippen molar-refractivity contribution in [1.29, 1.82) is 0 Å². The van der Waals surface area contributed by atoms with Crippen molar-refractivity contribution in [3.8, 4) is 5.75 Å². The minimum absolute atomic E-state index is 0.0836. The van der Waals surface area contributed by atoms with E-state index >= 15 is 0 Å². The van der Waals surface area contributed by atoms with E-state index in [1.165, 1.54) is 18.3 Å². The molecule has 1 atom stereocenters. The molecule has 2 aliphatic heterocycles. The van der Waals surface area contributed by atoms with Gasteiger partial charge in [0.15, 0.2) is 11.6 Å². The molecule has 1 aromatic carbocycles. The van der Waals surface area contributed by atoms with E-state index in [4.69, 9.17) is 33.7 Å². The Morgan fingerprint density at radius 1 is 1.31 bits per heavy atom. The van der Waals surface area contributed by atoms with Crippen LogP contribution in [0.2, 0.25) is 10.0 Å². The number of rotatable bonds is 4. The molecule has 9 heteroatoms. The molecule has 0 aliphatic carbocycles. The number of nitrogens with one attached hydrogen (secondary N) is 2. The average Bonchev–Trinajstić information content (AvgIpc) is 3.15. The van der Waals surface area contributed by atoms with Crippen LogP contribution in [0.3, 0.4) is 0 Å². The Kier molecular flexibility index (Phi) is 5.89. The molecule has 3 heterocycles. The third kappa shape index (κ3) is 4.17. The summed E-state index contributed by atoms with van der Waals surface area (Å²) in [6.45, 7) is 1.94. The number of pyridine rings is 1. The molecule has 0 bridgehead atoms. The Morgan fingerprint density at radius 3 is 2.86 bits per heavy atom. The lowest BCUT2D eigenvalue weighted by atomic mass is 10.1. The highest BCUT2D eigenvalue weighted by Crippen LogP contribution is 2.42. The molecule has 0 spiro atoms. The lowest BCUT2D eigenvalue weighted by molar-refractivity contribution is 0.259. The Balaban J connectivity index is 1.55. The number of aliphatic imine (C=N–C) groups is 1. The molecule has 6 nitrogen and oxygen atoms in total. The molecule has 0 saturated carbocycles. The highest BCUT2D eigenvalue weighted by atomic mass is 35.5. The van der Waals surface area contributed by atoms with Crippen LogP contribution < -0.4 is 21.1 Å². The Morgan fingerprint density at radius 2 is 2.10 bits per heavy atom. The van der Waals surface area contributed by atoms with Crippen LogP contribution in [0.5, 0.6) is 5.75 Å². The van der Waals surface area contributed by atoms with E-state index < -0.39 is 12.0 Å². The molecule has 2 aromatic rings. The largest absolute Gasteiger partial charge is 0.462 e. The third-order valence-corrected chi connectivity index (χ3v) is 5.67. The second kappa shape index (κ2) is 8.57. The van der Waals surface area contributed by atoms with E-state index in [0.717, 1.165) is 37.1 Å². The molecule has 0 radical (unpaired) electrons. The van der Waals surface area contributed by atoms with Crippen LogP contribution in [0.4, 0.5) is 10.2 Å². The molecule has 29 heavy (non-hydrogen) atoms. The fourth-order valence-electron chi connectivity index (χ4n) is 3.35. The number of nitrogens with two attached hydrogens (primary N) is 1. The number of halogens is 3. The summed E-state index contributed by atoms with van der Waals surface area (Å²) in [5, 5.41) is 6.60. The number of hydrogen-bond donors (Lipinski definition) is 3. The third-order valence-electron chi connectivity index (χ3n) is 4.95. The van der Waals surface area contributed by atoms with Crippen LogP contribution in [-0.2, 0) is 0 Å². The number of allylic oxidation sites excluding steroid dienone is 1. The molecule has 4 rings (SSSR count). The molecular formula is C20H20Cl2FN5O. The van der Waals surface area contributed by atoms with Gasteiger partial charge in [0.2, 0.25) is 6.23 Å². The number of anilines is 1. The summed E-state index contributed by atoms with van der Waals surface area (Å²) >= 11 is 12.3. The lowest BCUT2D eigenvalue weighted by Crippen LogP contribution is -2.29. The summed E-state index contributed by atoms with van der Waals surface area (Å²) in [5.41, 5.74) is 7.65. The maximum atomic E-state index is 13.9. The predicted octanol–water partition coefficient (Wildman–Crippen LogP) is 4.15. The van der Waals surface area contributed by atoms with Crippen molar-refractivity contribution in [2.75, 3.05) is 18.4 Å². The van der Waals surface area contributed by atoms with E-state index in [-0.39, 0.29) is 11.1 Å². The van der Waals surface area contributed by atoms with Crippen molar-refractivity contribution in [3.05, 3.63) is 57.6 Å². The average molecular weight is 436 g/mol. The second-order valence-corrected chi connectivity index (χ2v) is 7.64. The highest BCUT2D eigenvalue weighted by Gasteiger charge is 2.30. The van der Waals surface area contributed by atoms with Gasteiger partial charge in [-0.2, -0.15) is 0 Å². The first-order valence-corrected chi connectivity index (χ1v) is 10.0. The molecule has 0 amide bonds. The van der Waals surface area contributed by atoms with Gasteiger partial charge >= 0.3 is 0 Å². The molecular weight excluding hydrogens is 416 g/mol. The zero-order valence-electron chi connectivity index (χ0n) is 15.5.